The Labute approximate surface area is 136 Å². The van der Waals surface area contributed by atoms with Gasteiger partial charge in [0.1, 0.15) is 17.1 Å². The average Bonchev–Trinajstić information content (AvgIpc) is 3.22. The van der Waals surface area contributed by atoms with Crippen molar-refractivity contribution < 1.29 is 9.21 Å². The fourth-order valence-electron chi connectivity index (χ4n) is 2.52. The van der Waals surface area contributed by atoms with Crippen molar-refractivity contribution in [1.82, 2.24) is 9.97 Å². The lowest BCUT2D eigenvalue weighted by molar-refractivity contribution is 0.110. The van der Waals surface area contributed by atoms with Gasteiger partial charge in [0, 0.05) is 11.1 Å². The molecule has 0 aliphatic heterocycles. The smallest absolute Gasteiger partial charge is 0.185 e. The minimum absolute atomic E-state index is 0.306. The zero-order valence-electron chi connectivity index (χ0n) is 11.9. The van der Waals surface area contributed by atoms with Gasteiger partial charge in [0.15, 0.2) is 12.0 Å². The summed E-state index contributed by atoms with van der Waals surface area (Å²) >= 11 is 6.17. The fourth-order valence-corrected chi connectivity index (χ4v) is 2.74. The second-order valence-corrected chi connectivity index (χ2v) is 5.53. The zero-order chi connectivity index (χ0) is 15.8. The van der Waals surface area contributed by atoms with Gasteiger partial charge in [-0.3, -0.25) is 4.79 Å². The van der Waals surface area contributed by atoms with Gasteiger partial charge in [0.05, 0.1) is 10.5 Å². The highest BCUT2D eigenvalue weighted by Gasteiger charge is 2.10. The molecule has 2 aromatic carbocycles. The summed E-state index contributed by atoms with van der Waals surface area (Å²) in [5.74, 6) is 1.68. The van der Waals surface area contributed by atoms with Crippen LogP contribution in [0.5, 0.6) is 0 Å². The van der Waals surface area contributed by atoms with E-state index >= 15 is 0 Å². The molecule has 0 atom stereocenters. The molecule has 2 heterocycles. The third kappa shape index (κ3) is 2.43. The third-order valence-corrected chi connectivity index (χ3v) is 3.93. The third-order valence-electron chi connectivity index (χ3n) is 3.63. The van der Waals surface area contributed by atoms with Gasteiger partial charge < -0.3 is 9.40 Å². The summed E-state index contributed by atoms with van der Waals surface area (Å²) in [5, 5.41) is 0.614. The first-order valence-electron chi connectivity index (χ1n) is 7.04. The van der Waals surface area contributed by atoms with Crippen LogP contribution in [-0.4, -0.2) is 16.3 Å². The Hall–Kier alpha value is -2.85. The Morgan fingerprint density at radius 1 is 1.04 bits per heavy atom. The number of halogens is 1. The lowest BCUT2D eigenvalue weighted by Crippen LogP contribution is -1.82. The van der Waals surface area contributed by atoms with E-state index in [1.807, 2.05) is 42.5 Å². The maximum absolute atomic E-state index is 10.7. The lowest BCUT2D eigenvalue weighted by Gasteiger charge is -2.00. The van der Waals surface area contributed by atoms with E-state index in [-0.39, 0.29) is 0 Å². The van der Waals surface area contributed by atoms with Gasteiger partial charge in [-0.05, 0) is 30.3 Å². The van der Waals surface area contributed by atoms with E-state index in [4.69, 9.17) is 16.0 Å². The van der Waals surface area contributed by atoms with Gasteiger partial charge >= 0.3 is 0 Å². The Balaban J connectivity index is 1.80. The number of carbonyl (C=O) groups is 1. The molecule has 4 aromatic rings. The number of aldehydes is 1. The predicted molar refractivity (Wildman–Crippen MR) is 89.6 cm³/mol. The van der Waals surface area contributed by atoms with E-state index in [2.05, 4.69) is 9.97 Å². The highest BCUT2D eigenvalue weighted by Crippen LogP contribution is 2.29. The molecule has 0 saturated carbocycles. The Kier molecular flexibility index (Phi) is 3.24. The number of nitrogens with one attached hydrogen (secondary N) is 1. The maximum Gasteiger partial charge on any atom is 0.185 e. The monoisotopic (exact) mass is 322 g/mol. The van der Waals surface area contributed by atoms with E-state index < -0.39 is 0 Å². The summed E-state index contributed by atoms with van der Waals surface area (Å²) in [6.07, 6.45) is 0.689. The van der Waals surface area contributed by atoms with E-state index in [0.29, 0.717) is 22.8 Å². The summed E-state index contributed by atoms with van der Waals surface area (Å²) in [6, 6.07) is 16.8. The van der Waals surface area contributed by atoms with E-state index in [1.165, 1.54) is 0 Å². The number of hydrogen-bond donors (Lipinski definition) is 1. The summed E-state index contributed by atoms with van der Waals surface area (Å²) in [6.45, 7) is 0. The largest absolute Gasteiger partial charge is 0.453 e. The molecule has 5 heteroatoms. The van der Waals surface area contributed by atoms with Crippen LogP contribution >= 0.6 is 11.6 Å². The van der Waals surface area contributed by atoms with Gasteiger partial charge in [-0.2, -0.15) is 0 Å². The number of hydrogen-bond acceptors (Lipinski definition) is 3. The molecule has 0 bridgehead atoms. The van der Waals surface area contributed by atoms with Gasteiger partial charge in [-0.15, -0.1) is 0 Å². The molecule has 0 aliphatic rings. The fraction of sp³-hybridized carbons (Fsp3) is 0. The highest BCUT2D eigenvalue weighted by molar-refractivity contribution is 6.35. The lowest BCUT2D eigenvalue weighted by atomic mass is 10.1. The molecule has 4 rings (SSSR count). The van der Waals surface area contributed by atoms with E-state index in [1.54, 1.807) is 12.1 Å². The summed E-state index contributed by atoms with van der Waals surface area (Å²) in [7, 11) is 0. The maximum atomic E-state index is 10.7. The van der Waals surface area contributed by atoms with Gasteiger partial charge in [-0.1, -0.05) is 35.9 Å². The first-order valence-corrected chi connectivity index (χ1v) is 7.42. The van der Waals surface area contributed by atoms with Crippen molar-refractivity contribution in [2.75, 3.05) is 0 Å². The van der Waals surface area contributed by atoms with E-state index in [0.717, 1.165) is 28.0 Å². The first kappa shape index (κ1) is 13.8. The standard InChI is InChI=1S/C18H11ClN2O2/c19-14-5-2-6-15-17(14)21-18(20-15)12-4-1-3-11(9-12)16-8-7-13(10-22)23-16/h1-10H,(H,20,21). The number of rotatable bonds is 3. The number of aromatic nitrogens is 2. The Morgan fingerprint density at radius 2 is 1.87 bits per heavy atom. The highest BCUT2D eigenvalue weighted by atomic mass is 35.5. The van der Waals surface area contributed by atoms with Crippen LogP contribution in [0.1, 0.15) is 10.6 Å². The van der Waals surface area contributed by atoms with Gasteiger partial charge in [0.25, 0.3) is 0 Å². The second-order valence-electron chi connectivity index (χ2n) is 5.12. The summed E-state index contributed by atoms with van der Waals surface area (Å²) in [4.78, 5) is 18.6. The molecular weight excluding hydrogens is 312 g/mol. The number of nitrogens with zero attached hydrogens (tertiary/aromatic N) is 1. The first-order chi connectivity index (χ1) is 11.2. The molecular formula is C18H11ClN2O2. The predicted octanol–water partition coefficient (Wildman–Crippen LogP) is 4.96. The molecule has 0 amide bonds. The number of carbonyl (C=O) groups excluding carboxylic acids is 1. The van der Waals surface area contributed by atoms with Gasteiger partial charge in [-0.25, -0.2) is 4.98 Å². The van der Waals surface area contributed by atoms with Crippen molar-refractivity contribution in [2.24, 2.45) is 0 Å². The molecule has 4 nitrogen and oxygen atoms in total. The van der Waals surface area contributed by atoms with Crippen molar-refractivity contribution >= 4 is 28.9 Å². The van der Waals surface area contributed by atoms with Crippen molar-refractivity contribution in [3.63, 3.8) is 0 Å². The SMILES string of the molecule is O=Cc1ccc(-c2cccc(-c3nc4c(Cl)cccc4[nH]3)c2)o1. The number of H-pyrrole nitrogens is 1. The summed E-state index contributed by atoms with van der Waals surface area (Å²) in [5.41, 5.74) is 3.43. The Bertz CT molecular complexity index is 1020. The van der Waals surface area contributed by atoms with Crippen LogP contribution in [0.4, 0.5) is 0 Å². The Morgan fingerprint density at radius 3 is 2.65 bits per heavy atom. The van der Waals surface area contributed by atoms with Crippen LogP contribution in [0, 0.1) is 0 Å². The quantitative estimate of drug-likeness (QED) is 0.542. The van der Waals surface area contributed by atoms with Crippen LogP contribution in [-0.2, 0) is 0 Å². The van der Waals surface area contributed by atoms with Gasteiger partial charge in [0.2, 0.25) is 0 Å². The number of imidazole rings is 1. The topological polar surface area (TPSA) is 58.9 Å². The molecule has 2 aromatic heterocycles. The van der Waals surface area contributed by atoms with Crippen LogP contribution < -0.4 is 0 Å². The molecule has 0 radical (unpaired) electrons. The molecule has 0 saturated heterocycles. The number of fused-ring (bicyclic) bond motifs is 1. The van der Waals surface area contributed by atoms with Crippen molar-refractivity contribution in [2.45, 2.75) is 0 Å². The number of furan rings is 1. The van der Waals surface area contributed by atoms with Crippen molar-refractivity contribution in [3.05, 3.63) is 65.4 Å². The number of para-hydroxylation sites is 1. The normalized spacial score (nSPS) is 11.0. The zero-order valence-corrected chi connectivity index (χ0v) is 12.7. The molecule has 0 aliphatic carbocycles. The molecule has 112 valence electrons. The summed E-state index contributed by atoms with van der Waals surface area (Å²) < 4.78 is 5.47. The van der Waals surface area contributed by atoms with E-state index in [9.17, 15) is 4.79 Å². The van der Waals surface area contributed by atoms with Crippen LogP contribution in [0.15, 0.2) is 59.0 Å². The van der Waals surface area contributed by atoms with Crippen LogP contribution in [0.25, 0.3) is 33.7 Å². The van der Waals surface area contributed by atoms with Crippen molar-refractivity contribution in [3.8, 4) is 22.7 Å². The molecule has 0 spiro atoms. The van der Waals surface area contributed by atoms with Crippen LogP contribution in [0.3, 0.4) is 0 Å². The van der Waals surface area contributed by atoms with Crippen molar-refractivity contribution in [1.29, 1.82) is 0 Å². The minimum atomic E-state index is 0.306. The number of benzene rings is 2. The molecule has 0 fully saturated rings. The van der Waals surface area contributed by atoms with Crippen LogP contribution in [0.2, 0.25) is 5.02 Å². The molecule has 0 unspecified atom stereocenters. The number of aromatic amines is 1. The second kappa shape index (κ2) is 5.41. The minimum Gasteiger partial charge on any atom is -0.453 e. The molecule has 23 heavy (non-hydrogen) atoms. The molecule has 1 N–H and O–H groups in total. The average molecular weight is 323 g/mol.